The van der Waals surface area contributed by atoms with Gasteiger partial charge in [-0.05, 0) is 26.0 Å². The highest BCUT2D eigenvalue weighted by Crippen LogP contribution is 2.40. The molecular weight excluding hydrogens is 346 g/mol. The molecule has 4 amide bonds. The molecular formula is C18H12F2N2O4. The summed E-state index contributed by atoms with van der Waals surface area (Å²) in [6.07, 6.45) is 0. The van der Waals surface area contributed by atoms with Crippen molar-refractivity contribution in [3.63, 3.8) is 0 Å². The number of halogens is 2. The average molecular weight is 358 g/mol. The van der Waals surface area contributed by atoms with E-state index in [1.54, 1.807) is 0 Å². The van der Waals surface area contributed by atoms with Crippen LogP contribution >= 0.6 is 0 Å². The van der Waals surface area contributed by atoms with Gasteiger partial charge in [0.05, 0.1) is 22.3 Å². The SMILES string of the molecule is CCN1C(=O)c2cc(F)c3c4c(cc(F)c(c24)C1=O)C(=O)N(CC)C3=O. The topological polar surface area (TPSA) is 74.8 Å². The molecule has 0 bridgehead atoms. The van der Waals surface area contributed by atoms with Crippen LogP contribution in [0.5, 0.6) is 0 Å². The molecule has 0 saturated carbocycles. The van der Waals surface area contributed by atoms with Crippen molar-refractivity contribution in [1.29, 1.82) is 0 Å². The molecule has 0 spiro atoms. The van der Waals surface area contributed by atoms with Crippen LogP contribution in [-0.4, -0.2) is 46.5 Å². The van der Waals surface area contributed by atoms with Gasteiger partial charge in [-0.2, -0.15) is 0 Å². The molecule has 132 valence electrons. The lowest BCUT2D eigenvalue weighted by atomic mass is 9.85. The fourth-order valence-electron chi connectivity index (χ4n) is 3.64. The van der Waals surface area contributed by atoms with Crippen LogP contribution in [-0.2, 0) is 0 Å². The Labute approximate surface area is 146 Å². The van der Waals surface area contributed by atoms with E-state index in [0.29, 0.717) is 0 Å². The number of carbonyl (C=O) groups is 4. The molecule has 0 fully saturated rings. The number of rotatable bonds is 2. The van der Waals surface area contributed by atoms with E-state index < -0.39 is 46.4 Å². The molecule has 2 aliphatic heterocycles. The van der Waals surface area contributed by atoms with Crippen LogP contribution in [0.15, 0.2) is 12.1 Å². The third kappa shape index (κ3) is 1.73. The normalized spacial score (nSPS) is 16.2. The molecule has 0 saturated heterocycles. The van der Waals surface area contributed by atoms with E-state index in [1.807, 2.05) is 0 Å². The number of carbonyl (C=O) groups excluding carboxylic acids is 4. The lowest BCUT2D eigenvalue weighted by Gasteiger charge is -2.31. The fourth-order valence-corrected chi connectivity index (χ4v) is 3.64. The summed E-state index contributed by atoms with van der Waals surface area (Å²) in [6.45, 7) is 3.02. The van der Waals surface area contributed by atoms with Crippen LogP contribution in [0.1, 0.15) is 55.3 Å². The lowest BCUT2D eigenvalue weighted by Crippen LogP contribution is -2.44. The van der Waals surface area contributed by atoms with Crippen molar-refractivity contribution in [2.24, 2.45) is 0 Å². The van der Waals surface area contributed by atoms with Gasteiger partial charge < -0.3 is 0 Å². The van der Waals surface area contributed by atoms with Gasteiger partial charge in [0.1, 0.15) is 11.6 Å². The van der Waals surface area contributed by atoms with E-state index in [0.717, 1.165) is 21.9 Å². The number of nitrogens with zero attached hydrogens (tertiary/aromatic N) is 2. The summed E-state index contributed by atoms with van der Waals surface area (Å²) >= 11 is 0. The molecule has 8 heteroatoms. The number of imide groups is 2. The van der Waals surface area contributed by atoms with Crippen LogP contribution in [0.25, 0.3) is 10.8 Å². The smallest absolute Gasteiger partial charge is 0.264 e. The number of amides is 4. The largest absolute Gasteiger partial charge is 0.275 e. The second-order valence-electron chi connectivity index (χ2n) is 6.02. The highest BCUT2D eigenvalue weighted by atomic mass is 19.1. The average Bonchev–Trinajstić information content (AvgIpc) is 2.59. The Bertz CT molecular complexity index is 992. The van der Waals surface area contributed by atoms with Crippen LogP contribution in [0, 0.1) is 11.6 Å². The van der Waals surface area contributed by atoms with Gasteiger partial charge in [0.15, 0.2) is 0 Å². The predicted molar refractivity (Wildman–Crippen MR) is 85.9 cm³/mol. The van der Waals surface area contributed by atoms with E-state index in [1.165, 1.54) is 13.8 Å². The van der Waals surface area contributed by atoms with Gasteiger partial charge in [-0.1, -0.05) is 0 Å². The minimum atomic E-state index is -0.985. The molecule has 0 N–H and O–H groups in total. The summed E-state index contributed by atoms with van der Waals surface area (Å²) in [4.78, 5) is 51.8. The summed E-state index contributed by atoms with van der Waals surface area (Å²) < 4.78 is 29.4. The minimum Gasteiger partial charge on any atom is -0.275 e. The summed E-state index contributed by atoms with van der Waals surface area (Å²) in [5.74, 6) is -5.29. The van der Waals surface area contributed by atoms with Crippen LogP contribution < -0.4 is 0 Å². The molecule has 0 unspecified atom stereocenters. The number of benzene rings is 2. The summed E-state index contributed by atoms with van der Waals surface area (Å²) in [7, 11) is 0. The minimum absolute atomic E-state index is 0.0232. The van der Waals surface area contributed by atoms with Crippen LogP contribution in [0.4, 0.5) is 8.78 Å². The number of hydrogen-bond donors (Lipinski definition) is 0. The van der Waals surface area contributed by atoms with Crippen molar-refractivity contribution in [1.82, 2.24) is 9.80 Å². The molecule has 6 nitrogen and oxygen atoms in total. The van der Waals surface area contributed by atoms with Gasteiger partial charge in [-0.3, -0.25) is 29.0 Å². The molecule has 0 aliphatic carbocycles. The maximum absolute atomic E-state index is 14.7. The van der Waals surface area contributed by atoms with Crippen molar-refractivity contribution in [3.8, 4) is 0 Å². The molecule has 26 heavy (non-hydrogen) atoms. The molecule has 4 rings (SSSR count). The Hall–Kier alpha value is -3.16. The molecule has 2 heterocycles. The highest BCUT2D eigenvalue weighted by molar-refractivity contribution is 6.33. The van der Waals surface area contributed by atoms with Crippen molar-refractivity contribution >= 4 is 34.4 Å². The van der Waals surface area contributed by atoms with E-state index in [9.17, 15) is 28.0 Å². The second-order valence-corrected chi connectivity index (χ2v) is 6.02. The first-order valence-electron chi connectivity index (χ1n) is 8.04. The van der Waals surface area contributed by atoms with Gasteiger partial charge in [0.2, 0.25) is 0 Å². The van der Waals surface area contributed by atoms with Gasteiger partial charge in [-0.25, -0.2) is 8.78 Å². The van der Waals surface area contributed by atoms with Crippen LogP contribution in [0.2, 0.25) is 0 Å². The summed E-state index contributed by atoms with van der Waals surface area (Å²) in [5, 5.41) is -0.345. The van der Waals surface area contributed by atoms with Gasteiger partial charge in [0.25, 0.3) is 23.6 Å². The van der Waals surface area contributed by atoms with Crippen molar-refractivity contribution in [3.05, 3.63) is 46.0 Å². The van der Waals surface area contributed by atoms with Crippen molar-refractivity contribution in [2.75, 3.05) is 13.1 Å². The summed E-state index contributed by atoms with van der Waals surface area (Å²) in [5.41, 5.74) is -1.31. The first-order valence-corrected chi connectivity index (χ1v) is 8.04. The monoisotopic (exact) mass is 358 g/mol. The maximum atomic E-state index is 14.7. The molecule has 0 radical (unpaired) electrons. The molecule has 0 atom stereocenters. The van der Waals surface area contributed by atoms with Gasteiger partial charge in [-0.15, -0.1) is 0 Å². The predicted octanol–water partition coefficient (Wildman–Crippen LogP) is 2.35. The lowest BCUT2D eigenvalue weighted by molar-refractivity contribution is 0.0592. The van der Waals surface area contributed by atoms with Crippen LogP contribution in [0.3, 0.4) is 0 Å². The molecule has 2 aliphatic rings. The zero-order valence-electron chi connectivity index (χ0n) is 13.9. The van der Waals surface area contributed by atoms with Crippen molar-refractivity contribution < 1.29 is 28.0 Å². The van der Waals surface area contributed by atoms with Gasteiger partial charge in [0, 0.05) is 23.9 Å². The molecule has 2 aromatic carbocycles. The van der Waals surface area contributed by atoms with E-state index >= 15 is 0 Å². The maximum Gasteiger partial charge on any atom is 0.264 e. The van der Waals surface area contributed by atoms with Crippen molar-refractivity contribution in [2.45, 2.75) is 13.8 Å². The fraction of sp³-hybridized carbons (Fsp3) is 0.222. The summed E-state index contributed by atoms with van der Waals surface area (Å²) in [6, 6.07) is 1.67. The molecule has 0 aromatic heterocycles. The van der Waals surface area contributed by atoms with E-state index in [2.05, 4.69) is 0 Å². The zero-order valence-corrected chi connectivity index (χ0v) is 13.9. The Morgan fingerprint density at radius 3 is 1.35 bits per heavy atom. The standard InChI is InChI=1S/C18H12F2N2O4/c1-3-21-15(23)7-5-10(20)14-12-8(16(24)22(4-2)18(14)26)6-9(19)13(11(7)12)17(21)25/h5-6H,3-4H2,1-2H3. The third-order valence-corrected chi connectivity index (χ3v) is 4.81. The Morgan fingerprint density at radius 1 is 0.692 bits per heavy atom. The van der Waals surface area contributed by atoms with E-state index in [-0.39, 0.29) is 35.0 Å². The third-order valence-electron chi connectivity index (χ3n) is 4.81. The Balaban J connectivity index is 2.24. The quantitative estimate of drug-likeness (QED) is 0.773. The Morgan fingerprint density at radius 2 is 1.04 bits per heavy atom. The zero-order chi connectivity index (χ0) is 18.9. The van der Waals surface area contributed by atoms with Gasteiger partial charge >= 0.3 is 0 Å². The molecule has 2 aromatic rings. The highest BCUT2D eigenvalue weighted by Gasteiger charge is 2.42. The number of hydrogen-bond acceptors (Lipinski definition) is 4. The first kappa shape index (κ1) is 16.3. The Kier molecular flexibility index (Phi) is 3.24. The second kappa shape index (κ2) is 5.17. The van der Waals surface area contributed by atoms with E-state index in [4.69, 9.17) is 0 Å². The first-order chi connectivity index (χ1) is 12.3.